The summed E-state index contributed by atoms with van der Waals surface area (Å²) in [6, 6.07) is 12.6. The molecule has 2 amide bonds. The number of aryl methyl sites for hydroxylation is 1. The second kappa shape index (κ2) is 8.16. The van der Waals surface area contributed by atoms with Gasteiger partial charge in [0.05, 0.1) is 0 Å². The summed E-state index contributed by atoms with van der Waals surface area (Å²) in [5.74, 6) is 0.450. The van der Waals surface area contributed by atoms with Crippen molar-refractivity contribution in [1.82, 2.24) is 25.3 Å². The second-order valence-electron chi connectivity index (χ2n) is 6.86. The third kappa shape index (κ3) is 4.82. The molecule has 2 atom stereocenters. The Morgan fingerprint density at radius 3 is 2.76 bits per heavy atom. The fourth-order valence-corrected chi connectivity index (χ4v) is 3.40. The molecule has 2 N–H and O–H groups in total. The van der Waals surface area contributed by atoms with E-state index >= 15 is 0 Å². The molecular weight excluding hydrogens is 314 g/mol. The number of rotatable bonds is 6. The Kier molecular flexibility index (Phi) is 5.71. The highest BCUT2D eigenvalue weighted by molar-refractivity contribution is 5.74. The van der Waals surface area contributed by atoms with Crippen LogP contribution in [-0.2, 0) is 20.0 Å². The molecule has 1 fully saturated rings. The molecule has 0 saturated carbocycles. The molecule has 134 valence electrons. The van der Waals surface area contributed by atoms with E-state index in [1.54, 1.807) is 6.20 Å². The number of benzene rings is 1. The number of likely N-dealkylation sites (tertiary alicyclic amines) is 1. The van der Waals surface area contributed by atoms with Gasteiger partial charge in [-0.3, -0.25) is 9.58 Å². The third-order valence-corrected chi connectivity index (χ3v) is 4.84. The summed E-state index contributed by atoms with van der Waals surface area (Å²) in [5, 5.41) is 10.2. The first kappa shape index (κ1) is 17.5. The standard InChI is InChI=1S/C19H27N5O/c1-15-12-24(13-16-6-4-3-5-7-16)14-18(15)22-19(25)20-10-8-17-9-11-21-23(17)2/h3-7,9,11,15,18H,8,10,12-14H2,1-2H3,(H2,20,22,25)/t15-,18+/m0/s1. The van der Waals surface area contributed by atoms with Crippen molar-refractivity contribution in [3.8, 4) is 0 Å². The number of aromatic nitrogens is 2. The van der Waals surface area contributed by atoms with Crippen molar-refractivity contribution in [1.29, 1.82) is 0 Å². The van der Waals surface area contributed by atoms with E-state index in [9.17, 15) is 4.79 Å². The van der Waals surface area contributed by atoms with Crippen molar-refractivity contribution in [2.45, 2.75) is 25.9 Å². The molecule has 3 rings (SSSR count). The van der Waals surface area contributed by atoms with E-state index in [4.69, 9.17) is 0 Å². The van der Waals surface area contributed by atoms with E-state index < -0.39 is 0 Å². The minimum Gasteiger partial charge on any atom is -0.338 e. The second-order valence-corrected chi connectivity index (χ2v) is 6.86. The molecule has 1 aliphatic rings. The molecule has 0 unspecified atom stereocenters. The topological polar surface area (TPSA) is 62.2 Å². The fourth-order valence-electron chi connectivity index (χ4n) is 3.40. The van der Waals surface area contributed by atoms with Gasteiger partial charge in [-0.25, -0.2) is 4.79 Å². The summed E-state index contributed by atoms with van der Waals surface area (Å²) >= 11 is 0. The van der Waals surface area contributed by atoms with Gasteiger partial charge in [0.2, 0.25) is 0 Å². The van der Waals surface area contributed by atoms with Gasteiger partial charge in [0.25, 0.3) is 0 Å². The average molecular weight is 341 g/mol. The smallest absolute Gasteiger partial charge is 0.315 e. The highest BCUT2D eigenvalue weighted by atomic mass is 16.2. The number of hydrogen-bond acceptors (Lipinski definition) is 3. The summed E-state index contributed by atoms with van der Waals surface area (Å²) in [5.41, 5.74) is 2.43. The first-order valence-electron chi connectivity index (χ1n) is 8.89. The number of hydrogen-bond donors (Lipinski definition) is 2. The van der Waals surface area contributed by atoms with Crippen molar-refractivity contribution < 1.29 is 4.79 Å². The van der Waals surface area contributed by atoms with E-state index in [-0.39, 0.29) is 12.1 Å². The van der Waals surface area contributed by atoms with Crippen LogP contribution in [-0.4, -0.2) is 46.4 Å². The van der Waals surface area contributed by atoms with Gasteiger partial charge < -0.3 is 10.6 Å². The predicted octanol–water partition coefficient (Wildman–Crippen LogP) is 1.78. The fraction of sp³-hybridized carbons (Fsp3) is 0.474. The SMILES string of the molecule is C[C@H]1CN(Cc2ccccc2)C[C@H]1NC(=O)NCCc1ccnn1C. The Labute approximate surface area is 149 Å². The Balaban J connectivity index is 1.41. The summed E-state index contributed by atoms with van der Waals surface area (Å²) in [7, 11) is 1.91. The lowest BCUT2D eigenvalue weighted by atomic mass is 10.1. The minimum absolute atomic E-state index is 0.0828. The Morgan fingerprint density at radius 2 is 2.04 bits per heavy atom. The maximum Gasteiger partial charge on any atom is 0.315 e. The molecule has 0 radical (unpaired) electrons. The first-order valence-corrected chi connectivity index (χ1v) is 8.89. The highest BCUT2D eigenvalue weighted by Gasteiger charge is 2.30. The predicted molar refractivity (Wildman–Crippen MR) is 98.1 cm³/mol. The monoisotopic (exact) mass is 341 g/mol. The van der Waals surface area contributed by atoms with Gasteiger partial charge >= 0.3 is 6.03 Å². The quantitative estimate of drug-likeness (QED) is 0.842. The maximum absolute atomic E-state index is 12.2. The number of urea groups is 1. The van der Waals surface area contributed by atoms with Gasteiger partial charge in [-0.1, -0.05) is 37.3 Å². The third-order valence-electron chi connectivity index (χ3n) is 4.84. The van der Waals surface area contributed by atoms with E-state index in [1.807, 2.05) is 23.9 Å². The lowest BCUT2D eigenvalue weighted by Crippen LogP contribution is -2.45. The molecule has 2 aromatic rings. The molecular formula is C19H27N5O. The van der Waals surface area contributed by atoms with Crippen LogP contribution in [0.3, 0.4) is 0 Å². The van der Waals surface area contributed by atoms with Crippen molar-refractivity contribution in [3.05, 3.63) is 53.9 Å². The molecule has 1 aromatic carbocycles. The molecule has 6 heteroatoms. The zero-order valence-corrected chi connectivity index (χ0v) is 15.0. The van der Waals surface area contributed by atoms with Crippen LogP contribution in [0.4, 0.5) is 4.79 Å². The van der Waals surface area contributed by atoms with Crippen molar-refractivity contribution in [3.63, 3.8) is 0 Å². The molecule has 1 aromatic heterocycles. The molecule has 0 spiro atoms. The van der Waals surface area contributed by atoms with Crippen LogP contribution in [0, 0.1) is 5.92 Å². The molecule has 25 heavy (non-hydrogen) atoms. The van der Waals surface area contributed by atoms with Crippen LogP contribution in [0.2, 0.25) is 0 Å². The highest BCUT2D eigenvalue weighted by Crippen LogP contribution is 2.18. The van der Waals surface area contributed by atoms with E-state index in [0.29, 0.717) is 12.5 Å². The van der Waals surface area contributed by atoms with Crippen LogP contribution in [0.1, 0.15) is 18.2 Å². The molecule has 1 aliphatic heterocycles. The lowest BCUT2D eigenvalue weighted by Gasteiger charge is -2.18. The number of carbonyl (C=O) groups is 1. The van der Waals surface area contributed by atoms with Gasteiger partial charge in [-0.05, 0) is 17.5 Å². The average Bonchev–Trinajstić information content (AvgIpc) is 3.14. The summed E-state index contributed by atoms with van der Waals surface area (Å²) in [6.07, 6.45) is 2.56. The van der Waals surface area contributed by atoms with Crippen LogP contribution >= 0.6 is 0 Å². The molecule has 0 bridgehead atoms. The molecule has 6 nitrogen and oxygen atoms in total. The lowest BCUT2D eigenvalue weighted by molar-refractivity contribution is 0.234. The number of nitrogens with one attached hydrogen (secondary N) is 2. The van der Waals surface area contributed by atoms with Crippen LogP contribution in [0.5, 0.6) is 0 Å². The largest absolute Gasteiger partial charge is 0.338 e. The normalized spacial score (nSPS) is 20.6. The number of amides is 2. The van der Waals surface area contributed by atoms with Gasteiger partial charge in [0.15, 0.2) is 0 Å². The van der Waals surface area contributed by atoms with E-state index in [0.717, 1.165) is 31.7 Å². The molecule has 1 saturated heterocycles. The van der Waals surface area contributed by atoms with Gasteiger partial charge in [0, 0.05) is 57.6 Å². The van der Waals surface area contributed by atoms with Gasteiger partial charge in [-0.2, -0.15) is 5.10 Å². The zero-order chi connectivity index (χ0) is 17.6. The zero-order valence-electron chi connectivity index (χ0n) is 15.0. The molecule has 2 heterocycles. The van der Waals surface area contributed by atoms with Crippen molar-refractivity contribution in [2.75, 3.05) is 19.6 Å². The Morgan fingerprint density at radius 1 is 1.24 bits per heavy atom. The Hall–Kier alpha value is -2.34. The maximum atomic E-state index is 12.2. The summed E-state index contributed by atoms with van der Waals surface area (Å²) in [4.78, 5) is 14.6. The van der Waals surface area contributed by atoms with Gasteiger partial charge in [0.1, 0.15) is 0 Å². The van der Waals surface area contributed by atoms with Crippen molar-refractivity contribution in [2.24, 2.45) is 13.0 Å². The van der Waals surface area contributed by atoms with Crippen LogP contribution in [0.25, 0.3) is 0 Å². The van der Waals surface area contributed by atoms with Gasteiger partial charge in [-0.15, -0.1) is 0 Å². The number of carbonyl (C=O) groups excluding carboxylic acids is 1. The Bertz CT molecular complexity index is 684. The van der Waals surface area contributed by atoms with E-state index in [1.165, 1.54) is 5.56 Å². The number of nitrogens with zero attached hydrogens (tertiary/aromatic N) is 3. The molecule has 0 aliphatic carbocycles. The van der Waals surface area contributed by atoms with Crippen molar-refractivity contribution >= 4 is 6.03 Å². The minimum atomic E-state index is -0.0828. The van der Waals surface area contributed by atoms with Crippen LogP contribution in [0.15, 0.2) is 42.6 Å². The summed E-state index contributed by atoms with van der Waals surface area (Å²) < 4.78 is 1.83. The first-order chi connectivity index (χ1) is 12.1. The summed E-state index contributed by atoms with van der Waals surface area (Å²) in [6.45, 7) is 5.65. The van der Waals surface area contributed by atoms with Crippen LogP contribution < -0.4 is 10.6 Å². The van der Waals surface area contributed by atoms with E-state index in [2.05, 4.69) is 51.8 Å².